The van der Waals surface area contributed by atoms with Crippen molar-refractivity contribution in [1.29, 1.82) is 0 Å². The summed E-state index contributed by atoms with van der Waals surface area (Å²) in [5, 5.41) is 14.1. The van der Waals surface area contributed by atoms with Gasteiger partial charge in [0.15, 0.2) is 0 Å². The van der Waals surface area contributed by atoms with Gasteiger partial charge in [0.1, 0.15) is 0 Å². The Morgan fingerprint density at radius 3 is 2.33 bits per heavy atom. The van der Waals surface area contributed by atoms with Crippen LogP contribution in [0.25, 0.3) is 0 Å². The van der Waals surface area contributed by atoms with E-state index in [1.165, 1.54) is 6.07 Å². The zero-order valence-corrected chi connectivity index (χ0v) is 19.6. The molecule has 0 bridgehead atoms. The second-order valence-electron chi connectivity index (χ2n) is 4.96. The summed E-state index contributed by atoms with van der Waals surface area (Å²) in [6.45, 7) is 1.93. The summed E-state index contributed by atoms with van der Waals surface area (Å²) >= 11 is 4.05. The summed E-state index contributed by atoms with van der Waals surface area (Å²) in [5.41, 5.74) is 1.20. The topological polar surface area (TPSA) is 69.2 Å². The number of amides is 1. The van der Waals surface area contributed by atoms with Crippen LogP contribution >= 0.6 is 45.2 Å². The van der Waals surface area contributed by atoms with Crippen LogP contribution in [0.2, 0.25) is 0 Å². The number of halogens is 2. The molecule has 0 aliphatic heterocycles. The van der Waals surface area contributed by atoms with Crippen LogP contribution in [0, 0.1) is 7.14 Å². The van der Waals surface area contributed by atoms with Crippen LogP contribution in [-0.2, 0) is 4.79 Å². The SMILES string of the molecule is CCC(C(=O)Nc1c(I)cc(I)cc1C(=O)[O-])c1ccccc1.[Na+]. The Morgan fingerprint density at radius 1 is 1.17 bits per heavy atom. The summed E-state index contributed by atoms with van der Waals surface area (Å²) in [5.74, 6) is -1.86. The standard InChI is InChI=1S/C17H15I2NO3.Na/c1-2-12(10-6-4-3-5-7-10)16(21)20-15-13(17(22)23)8-11(18)9-14(15)19;/h3-9,12H,2H2,1H3,(H,20,21)(H,22,23);/q;+1/p-1. The molecule has 0 saturated carbocycles. The molecule has 1 N–H and O–H groups in total. The second kappa shape index (κ2) is 10.1. The number of nitrogens with one attached hydrogen (secondary N) is 1. The molecule has 1 atom stereocenters. The first-order chi connectivity index (χ1) is 10.9. The molecule has 7 heteroatoms. The molecule has 2 rings (SSSR count). The molecule has 2 aromatic carbocycles. The number of carbonyl (C=O) groups excluding carboxylic acids is 2. The monoisotopic (exact) mass is 557 g/mol. The van der Waals surface area contributed by atoms with Crippen molar-refractivity contribution in [1.82, 2.24) is 0 Å². The number of hydrogen-bond donors (Lipinski definition) is 1. The summed E-state index contributed by atoms with van der Waals surface area (Å²) in [7, 11) is 0. The fraction of sp³-hybridized carbons (Fsp3) is 0.176. The molecule has 0 spiro atoms. The van der Waals surface area contributed by atoms with Crippen LogP contribution in [0.4, 0.5) is 5.69 Å². The van der Waals surface area contributed by atoms with Gasteiger partial charge >= 0.3 is 29.6 Å². The Balaban J connectivity index is 0.00000288. The van der Waals surface area contributed by atoms with Gasteiger partial charge in [0.25, 0.3) is 0 Å². The smallest absolute Gasteiger partial charge is 0.545 e. The normalized spacial score (nSPS) is 11.3. The van der Waals surface area contributed by atoms with Gasteiger partial charge < -0.3 is 15.2 Å². The van der Waals surface area contributed by atoms with E-state index in [-0.39, 0.29) is 46.9 Å². The van der Waals surface area contributed by atoms with Crippen molar-refractivity contribution >= 4 is 62.7 Å². The maximum absolute atomic E-state index is 12.6. The number of carboxylic acids is 1. The first-order valence-electron chi connectivity index (χ1n) is 7.00. The third kappa shape index (κ3) is 5.42. The number of anilines is 1. The summed E-state index contributed by atoms with van der Waals surface area (Å²) in [6, 6.07) is 12.8. The van der Waals surface area contributed by atoms with E-state index in [2.05, 4.69) is 5.32 Å². The molecule has 0 aliphatic carbocycles. The number of carboxylic acid groups (broad SMARTS) is 1. The van der Waals surface area contributed by atoms with Gasteiger partial charge in [-0.1, -0.05) is 37.3 Å². The van der Waals surface area contributed by atoms with Gasteiger partial charge in [-0.25, -0.2) is 0 Å². The summed E-state index contributed by atoms with van der Waals surface area (Å²) < 4.78 is 1.45. The van der Waals surface area contributed by atoms with Gasteiger partial charge in [0.05, 0.1) is 17.6 Å². The van der Waals surface area contributed by atoms with E-state index >= 15 is 0 Å². The van der Waals surface area contributed by atoms with Crippen molar-refractivity contribution in [2.75, 3.05) is 5.32 Å². The minimum absolute atomic E-state index is 0. The van der Waals surface area contributed by atoms with Crippen LogP contribution < -0.4 is 40.0 Å². The number of benzene rings is 2. The number of carbonyl (C=O) groups is 2. The van der Waals surface area contributed by atoms with Crippen molar-refractivity contribution < 1.29 is 44.3 Å². The molecule has 24 heavy (non-hydrogen) atoms. The fourth-order valence-corrected chi connectivity index (χ4v) is 4.31. The largest absolute Gasteiger partial charge is 1.00 e. The molecule has 120 valence electrons. The molecule has 0 fully saturated rings. The minimum atomic E-state index is -1.30. The van der Waals surface area contributed by atoms with Gasteiger partial charge in [-0.3, -0.25) is 4.79 Å². The van der Waals surface area contributed by atoms with E-state index in [0.29, 0.717) is 15.7 Å². The average molecular weight is 557 g/mol. The van der Waals surface area contributed by atoms with E-state index in [4.69, 9.17) is 0 Å². The van der Waals surface area contributed by atoms with E-state index in [1.54, 1.807) is 0 Å². The quantitative estimate of drug-likeness (QED) is 0.428. The van der Waals surface area contributed by atoms with Crippen molar-refractivity contribution in [3.05, 3.63) is 60.7 Å². The van der Waals surface area contributed by atoms with Crippen LogP contribution in [0.1, 0.15) is 35.2 Å². The summed E-state index contributed by atoms with van der Waals surface area (Å²) in [6.07, 6.45) is 0.622. The van der Waals surface area contributed by atoms with E-state index < -0.39 is 5.97 Å². The fourth-order valence-electron chi connectivity index (χ4n) is 2.33. The molecule has 0 heterocycles. The Labute approximate surface area is 190 Å². The third-order valence-corrected chi connectivity index (χ3v) is 4.92. The van der Waals surface area contributed by atoms with Crippen molar-refractivity contribution in [3.8, 4) is 0 Å². The van der Waals surface area contributed by atoms with Crippen molar-refractivity contribution in [2.24, 2.45) is 0 Å². The predicted octanol–water partition coefficient (Wildman–Crippen LogP) is 0.396. The zero-order chi connectivity index (χ0) is 17.0. The van der Waals surface area contributed by atoms with E-state index in [0.717, 1.165) is 9.13 Å². The maximum Gasteiger partial charge on any atom is 1.00 e. The predicted molar refractivity (Wildman–Crippen MR) is 104 cm³/mol. The molecule has 1 unspecified atom stereocenters. The van der Waals surface area contributed by atoms with Crippen LogP contribution in [0.15, 0.2) is 42.5 Å². The molecular weight excluding hydrogens is 543 g/mol. The van der Waals surface area contributed by atoms with Gasteiger partial charge in [-0.05, 0) is 69.3 Å². The Morgan fingerprint density at radius 2 is 1.79 bits per heavy atom. The molecule has 2 aromatic rings. The number of rotatable bonds is 5. The Hall–Kier alpha value is -0.160. The summed E-state index contributed by atoms with van der Waals surface area (Å²) in [4.78, 5) is 24.0. The Bertz CT molecular complexity index is 738. The number of hydrogen-bond acceptors (Lipinski definition) is 3. The maximum atomic E-state index is 12.6. The van der Waals surface area contributed by atoms with Crippen LogP contribution in [0.5, 0.6) is 0 Å². The van der Waals surface area contributed by atoms with Gasteiger partial charge in [0, 0.05) is 12.7 Å². The first-order valence-corrected chi connectivity index (χ1v) is 9.16. The molecular formula is C17H14I2NNaO3. The molecule has 0 radical (unpaired) electrons. The van der Waals surface area contributed by atoms with Crippen molar-refractivity contribution in [3.63, 3.8) is 0 Å². The molecule has 4 nitrogen and oxygen atoms in total. The zero-order valence-electron chi connectivity index (χ0n) is 13.3. The molecule has 1 amide bonds. The van der Waals surface area contributed by atoms with Gasteiger partial charge in [-0.2, -0.15) is 0 Å². The minimum Gasteiger partial charge on any atom is -0.545 e. The van der Waals surface area contributed by atoms with E-state index in [9.17, 15) is 14.7 Å². The van der Waals surface area contributed by atoms with Crippen LogP contribution in [-0.4, -0.2) is 11.9 Å². The molecule has 0 aromatic heterocycles. The first kappa shape index (κ1) is 21.9. The van der Waals surface area contributed by atoms with Crippen LogP contribution in [0.3, 0.4) is 0 Å². The molecule has 0 aliphatic rings. The van der Waals surface area contributed by atoms with E-state index in [1.807, 2.05) is 88.5 Å². The molecule has 0 saturated heterocycles. The van der Waals surface area contributed by atoms with Gasteiger partial charge in [0.2, 0.25) is 5.91 Å². The average Bonchev–Trinajstić information content (AvgIpc) is 2.51. The second-order valence-corrected chi connectivity index (χ2v) is 7.37. The third-order valence-electron chi connectivity index (χ3n) is 3.45. The van der Waals surface area contributed by atoms with Gasteiger partial charge in [-0.15, -0.1) is 0 Å². The van der Waals surface area contributed by atoms with Crippen molar-refractivity contribution in [2.45, 2.75) is 19.3 Å². The Kier molecular flexibility index (Phi) is 9.21. The number of aromatic carboxylic acids is 1.